The van der Waals surface area contributed by atoms with Crippen molar-refractivity contribution >= 4 is 21.7 Å². The minimum atomic E-state index is 0.658. The number of hydrogen-bond donors (Lipinski definition) is 1. The van der Waals surface area contributed by atoms with E-state index in [-0.39, 0.29) is 0 Å². The lowest BCUT2D eigenvalue weighted by Crippen LogP contribution is -2.08. The average Bonchev–Trinajstić information content (AvgIpc) is 3.14. The number of rotatable bonds is 6. The van der Waals surface area contributed by atoms with E-state index in [9.17, 15) is 0 Å². The molecule has 1 aromatic rings. The zero-order valence-electron chi connectivity index (χ0n) is 10.6. The third kappa shape index (κ3) is 3.18. The van der Waals surface area contributed by atoms with Crippen LogP contribution in [0, 0.1) is 0 Å². The standard InChI is InChI=1S/C13H20BrN3/c1-3-5-10-16-12(9-6-7-9)11(14)13(17-10)15-8-4-2/h9H,3-8H2,1-2H3,(H,15,16,17). The van der Waals surface area contributed by atoms with Crippen LogP contribution >= 0.6 is 15.9 Å². The van der Waals surface area contributed by atoms with E-state index in [4.69, 9.17) is 4.98 Å². The number of nitrogens with zero attached hydrogens (tertiary/aromatic N) is 2. The normalized spacial score (nSPS) is 15.0. The van der Waals surface area contributed by atoms with Crippen LogP contribution in [0.15, 0.2) is 4.47 Å². The average molecular weight is 298 g/mol. The first-order valence-corrected chi connectivity index (χ1v) is 7.35. The molecule has 0 spiro atoms. The maximum Gasteiger partial charge on any atom is 0.144 e. The molecule has 0 bridgehead atoms. The highest BCUT2D eigenvalue weighted by Gasteiger charge is 2.29. The van der Waals surface area contributed by atoms with Crippen molar-refractivity contribution in [2.45, 2.75) is 51.9 Å². The highest BCUT2D eigenvalue weighted by Crippen LogP contribution is 2.43. The van der Waals surface area contributed by atoms with Gasteiger partial charge in [0, 0.05) is 18.9 Å². The van der Waals surface area contributed by atoms with Crippen molar-refractivity contribution in [1.82, 2.24) is 9.97 Å². The van der Waals surface area contributed by atoms with Gasteiger partial charge in [0.05, 0.1) is 10.2 Å². The van der Waals surface area contributed by atoms with Crippen LogP contribution in [0.2, 0.25) is 0 Å². The summed E-state index contributed by atoms with van der Waals surface area (Å²) in [6.45, 7) is 5.30. The van der Waals surface area contributed by atoms with Crippen molar-refractivity contribution < 1.29 is 0 Å². The van der Waals surface area contributed by atoms with Crippen molar-refractivity contribution in [3.8, 4) is 0 Å². The Balaban J connectivity index is 2.27. The van der Waals surface area contributed by atoms with Gasteiger partial charge in [0.15, 0.2) is 0 Å². The second kappa shape index (κ2) is 5.80. The second-order valence-electron chi connectivity index (χ2n) is 4.64. The first-order chi connectivity index (χ1) is 8.26. The summed E-state index contributed by atoms with van der Waals surface area (Å²) in [7, 11) is 0. The van der Waals surface area contributed by atoms with Crippen LogP contribution in [0.5, 0.6) is 0 Å². The summed E-state index contributed by atoms with van der Waals surface area (Å²) >= 11 is 3.65. The molecule has 1 aliphatic carbocycles. The van der Waals surface area contributed by atoms with E-state index in [2.05, 4.69) is 40.1 Å². The second-order valence-corrected chi connectivity index (χ2v) is 5.43. The number of nitrogens with one attached hydrogen (secondary N) is 1. The molecule has 1 heterocycles. The van der Waals surface area contributed by atoms with E-state index in [1.807, 2.05) is 0 Å². The Morgan fingerprint density at radius 3 is 2.59 bits per heavy atom. The fourth-order valence-electron chi connectivity index (χ4n) is 1.84. The van der Waals surface area contributed by atoms with E-state index in [1.54, 1.807) is 0 Å². The smallest absolute Gasteiger partial charge is 0.144 e. The van der Waals surface area contributed by atoms with Gasteiger partial charge in [0.1, 0.15) is 11.6 Å². The van der Waals surface area contributed by atoms with E-state index >= 15 is 0 Å². The van der Waals surface area contributed by atoms with Gasteiger partial charge >= 0.3 is 0 Å². The highest BCUT2D eigenvalue weighted by molar-refractivity contribution is 9.10. The maximum atomic E-state index is 4.69. The van der Waals surface area contributed by atoms with Crippen molar-refractivity contribution in [3.05, 3.63) is 16.0 Å². The number of hydrogen-bond acceptors (Lipinski definition) is 3. The zero-order valence-corrected chi connectivity index (χ0v) is 12.2. The topological polar surface area (TPSA) is 37.8 Å². The molecule has 0 unspecified atom stereocenters. The summed E-state index contributed by atoms with van der Waals surface area (Å²) < 4.78 is 1.08. The molecule has 1 saturated carbocycles. The minimum absolute atomic E-state index is 0.658. The lowest BCUT2D eigenvalue weighted by molar-refractivity contribution is 0.805. The van der Waals surface area contributed by atoms with Gasteiger partial charge in [0.25, 0.3) is 0 Å². The van der Waals surface area contributed by atoms with E-state index < -0.39 is 0 Å². The van der Waals surface area contributed by atoms with Gasteiger partial charge in [-0.2, -0.15) is 0 Å². The lowest BCUT2D eigenvalue weighted by atomic mass is 10.2. The van der Waals surface area contributed by atoms with Gasteiger partial charge in [-0.15, -0.1) is 0 Å². The Kier molecular flexibility index (Phi) is 4.37. The molecular formula is C13H20BrN3. The minimum Gasteiger partial charge on any atom is -0.369 e. The SMILES string of the molecule is CCCNc1nc(CCC)nc(C2CC2)c1Br. The summed E-state index contributed by atoms with van der Waals surface area (Å²) in [5.74, 6) is 2.62. The Hall–Kier alpha value is -0.640. The van der Waals surface area contributed by atoms with Gasteiger partial charge in [-0.1, -0.05) is 13.8 Å². The van der Waals surface area contributed by atoms with E-state index in [0.717, 1.165) is 41.9 Å². The zero-order chi connectivity index (χ0) is 12.3. The molecule has 0 amide bonds. The largest absolute Gasteiger partial charge is 0.369 e. The maximum absolute atomic E-state index is 4.69. The van der Waals surface area contributed by atoms with E-state index in [1.165, 1.54) is 18.5 Å². The van der Waals surface area contributed by atoms with Crippen LogP contribution in [-0.2, 0) is 6.42 Å². The van der Waals surface area contributed by atoms with Gasteiger partial charge in [-0.05, 0) is 41.6 Å². The Labute approximate surface area is 112 Å². The molecule has 4 heteroatoms. The molecule has 94 valence electrons. The number of halogens is 1. The Bertz CT molecular complexity index is 388. The molecule has 3 nitrogen and oxygen atoms in total. The molecule has 0 radical (unpaired) electrons. The molecular weight excluding hydrogens is 278 g/mol. The molecule has 0 saturated heterocycles. The van der Waals surface area contributed by atoms with Gasteiger partial charge in [-0.3, -0.25) is 0 Å². The fourth-order valence-corrected chi connectivity index (χ4v) is 2.48. The summed E-state index contributed by atoms with van der Waals surface area (Å²) in [6, 6.07) is 0. The molecule has 2 rings (SSSR count). The summed E-state index contributed by atoms with van der Waals surface area (Å²) in [5, 5.41) is 3.39. The van der Waals surface area contributed by atoms with Crippen LogP contribution in [0.25, 0.3) is 0 Å². The number of anilines is 1. The highest BCUT2D eigenvalue weighted by atomic mass is 79.9. The first kappa shape index (κ1) is 12.8. The van der Waals surface area contributed by atoms with Crippen molar-refractivity contribution in [3.63, 3.8) is 0 Å². The van der Waals surface area contributed by atoms with Gasteiger partial charge < -0.3 is 5.32 Å². The molecule has 0 aromatic carbocycles. The predicted octanol–water partition coefficient (Wildman–Crippen LogP) is 3.89. The monoisotopic (exact) mass is 297 g/mol. The van der Waals surface area contributed by atoms with E-state index in [0.29, 0.717) is 5.92 Å². The van der Waals surface area contributed by atoms with Crippen LogP contribution in [-0.4, -0.2) is 16.5 Å². The molecule has 1 N–H and O–H groups in total. The quantitative estimate of drug-likeness (QED) is 0.865. The van der Waals surface area contributed by atoms with Crippen LogP contribution in [0.3, 0.4) is 0 Å². The number of aromatic nitrogens is 2. The lowest BCUT2D eigenvalue weighted by Gasteiger charge is -2.12. The molecule has 1 aromatic heterocycles. The molecule has 1 fully saturated rings. The van der Waals surface area contributed by atoms with Crippen LogP contribution in [0.4, 0.5) is 5.82 Å². The van der Waals surface area contributed by atoms with Crippen LogP contribution in [0.1, 0.15) is 57.0 Å². The third-order valence-electron chi connectivity index (χ3n) is 2.90. The molecule has 1 aliphatic rings. The molecule has 0 atom stereocenters. The summed E-state index contributed by atoms with van der Waals surface area (Å²) in [5.41, 5.74) is 1.21. The first-order valence-electron chi connectivity index (χ1n) is 6.56. The van der Waals surface area contributed by atoms with Crippen molar-refractivity contribution in [2.75, 3.05) is 11.9 Å². The Morgan fingerprint density at radius 1 is 1.24 bits per heavy atom. The summed E-state index contributed by atoms with van der Waals surface area (Å²) in [6.07, 6.45) is 5.72. The third-order valence-corrected chi connectivity index (χ3v) is 3.69. The van der Waals surface area contributed by atoms with Crippen molar-refractivity contribution in [2.24, 2.45) is 0 Å². The van der Waals surface area contributed by atoms with Crippen LogP contribution < -0.4 is 5.32 Å². The fraction of sp³-hybridized carbons (Fsp3) is 0.692. The van der Waals surface area contributed by atoms with Crippen molar-refractivity contribution in [1.29, 1.82) is 0 Å². The molecule has 0 aliphatic heterocycles. The number of aryl methyl sites for hydroxylation is 1. The summed E-state index contributed by atoms with van der Waals surface area (Å²) in [4.78, 5) is 9.30. The van der Waals surface area contributed by atoms with Gasteiger partial charge in [0.2, 0.25) is 0 Å². The predicted molar refractivity (Wildman–Crippen MR) is 74.5 cm³/mol. The Morgan fingerprint density at radius 2 is 2.00 bits per heavy atom. The van der Waals surface area contributed by atoms with Gasteiger partial charge in [-0.25, -0.2) is 9.97 Å². The molecule has 17 heavy (non-hydrogen) atoms.